The van der Waals surface area contributed by atoms with Crippen molar-refractivity contribution in [3.8, 4) is 5.75 Å². The molecule has 0 saturated carbocycles. The van der Waals surface area contributed by atoms with Crippen LogP contribution >= 0.6 is 15.9 Å². The van der Waals surface area contributed by atoms with E-state index in [0.29, 0.717) is 22.3 Å². The number of likely N-dealkylation sites (N-methyl/N-ethyl adjacent to an activating group) is 1. The van der Waals surface area contributed by atoms with Crippen molar-refractivity contribution in [2.75, 3.05) is 25.0 Å². The van der Waals surface area contributed by atoms with Crippen molar-refractivity contribution in [2.45, 2.75) is 30.8 Å². The molecule has 2 amide bonds. The molecule has 0 aromatic heterocycles. The molecule has 0 aliphatic rings. The highest BCUT2D eigenvalue weighted by Gasteiger charge is 2.33. The predicted molar refractivity (Wildman–Crippen MR) is 147 cm³/mol. The summed E-state index contributed by atoms with van der Waals surface area (Å²) in [5.41, 5.74) is 1.10. The number of anilines is 1. The Balaban J connectivity index is 2.03. The zero-order valence-corrected chi connectivity index (χ0v) is 23.3. The van der Waals surface area contributed by atoms with E-state index >= 15 is 0 Å². The van der Waals surface area contributed by atoms with Gasteiger partial charge in [-0.25, -0.2) is 8.42 Å². The molecule has 0 aliphatic heterocycles. The van der Waals surface area contributed by atoms with Crippen LogP contribution in [0.2, 0.25) is 0 Å². The van der Waals surface area contributed by atoms with Gasteiger partial charge in [-0.3, -0.25) is 13.9 Å². The molecule has 8 nitrogen and oxygen atoms in total. The molecule has 3 aromatic rings. The Morgan fingerprint density at radius 3 is 2.24 bits per heavy atom. The number of amides is 2. The summed E-state index contributed by atoms with van der Waals surface area (Å²) in [7, 11) is -1.02. The summed E-state index contributed by atoms with van der Waals surface area (Å²) >= 11 is 3.39. The summed E-state index contributed by atoms with van der Waals surface area (Å²) in [5, 5.41) is 2.61. The third-order valence-electron chi connectivity index (χ3n) is 5.85. The van der Waals surface area contributed by atoms with Crippen LogP contribution in [0, 0.1) is 0 Å². The number of rotatable bonds is 11. The number of carbonyl (C=O) groups excluding carboxylic acids is 2. The zero-order valence-electron chi connectivity index (χ0n) is 20.9. The van der Waals surface area contributed by atoms with Gasteiger partial charge in [0, 0.05) is 18.1 Å². The molecule has 3 aromatic carbocycles. The van der Waals surface area contributed by atoms with Crippen LogP contribution < -0.4 is 14.4 Å². The smallest absolute Gasteiger partial charge is 0.264 e. The van der Waals surface area contributed by atoms with Gasteiger partial charge >= 0.3 is 0 Å². The van der Waals surface area contributed by atoms with Gasteiger partial charge in [0.05, 0.1) is 17.7 Å². The van der Waals surface area contributed by atoms with E-state index in [1.807, 2.05) is 12.1 Å². The molecular formula is C27H30BrN3O5S. The van der Waals surface area contributed by atoms with Crippen molar-refractivity contribution >= 4 is 43.5 Å². The molecule has 37 heavy (non-hydrogen) atoms. The van der Waals surface area contributed by atoms with Crippen molar-refractivity contribution in [3.05, 3.63) is 88.9 Å². The minimum absolute atomic E-state index is 0.0582. The number of sulfonamides is 1. The Morgan fingerprint density at radius 1 is 1.00 bits per heavy atom. The molecular weight excluding hydrogens is 558 g/mol. The normalized spacial score (nSPS) is 11.9. The number of benzene rings is 3. The lowest BCUT2D eigenvalue weighted by Crippen LogP contribution is -2.51. The maximum atomic E-state index is 13.8. The Hall–Kier alpha value is -3.37. The van der Waals surface area contributed by atoms with Crippen molar-refractivity contribution in [1.82, 2.24) is 10.2 Å². The number of halogens is 1. The van der Waals surface area contributed by atoms with Crippen molar-refractivity contribution in [2.24, 2.45) is 0 Å². The molecule has 196 valence electrons. The number of nitrogens with zero attached hydrogens (tertiary/aromatic N) is 2. The minimum atomic E-state index is -4.09. The number of ether oxygens (including phenoxy) is 1. The van der Waals surface area contributed by atoms with Crippen LogP contribution in [-0.4, -0.2) is 51.9 Å². The zero-order chi connectivity index (χ0) is 27.0. The third kappa shape index (κ3) is 6.90. The first-order valence-electron chi connectivity index (χ1n) is 11.7. The lowest BCUT2D eigenvalue weighted by molar-refractivity contribution is -0.140. The molecule has 0 bridgehead atoms. The van der Waals surface area contributed by atoms with E-state index in [9.17, 15) is 18.0 Å². The molecule has 0 saturated heterocycles. The fourth-order valence-corrected chi connectivity index (χ4v) is 5.71. The second-order valence-corrected chi connectivity index (χ2v) is 11.0. The van der Waals surface area contributed by atoms with Gasteiger partial charge in [0.15, 0.2) is 0 Å². The van der Waals surface area contributed by atoms with Crippen LogP contribution in [0.1, 0.15) is 18.9 Å². The Labute approximate surface area is 226 Å². The predicted octanol–water partition coefficient (Wildman–Crippen LogP) is 4.21. The van der Waals surface area contributed by atoms with Crippen LogP contribution in [0.4, 0.5) is 5.69 Å². The standard InChI is InChI=1S/C27H30BrN3O5S/c1-4-25(27(33)29-2)30(18-20-13-15-23(36-3)16-14-20)26(32)19-31(22-10-8-9-21(28)17-22)37(34,35)24-11-6-5-7-12-24/h5-17,25H,4,18-19H2,1-3H3,(H,29,33)/t25-/m1/s1. The van der Waals surface area contributed by atoms with Gasteiger partial charge in [0.2, 0.25) is 11.8 Å². The Bertz CT molecular complexity index is 1320. The summed E-state index contributed by atoms with van der Waals surface area (Å²) in [6.45, 7) is 1.44. The van der Waals surface area contributed by atoms with Crippen LogP contribution in [0.15, 0.2) is 88.2 Å². The highest BCUT2D eigenvalue weighted by Crippen LogP contribution is 2.27. The quantitative estimate of drug-likeness (QED) is 0.362. The average Bonchev–Trinajstić information content (AvgIpc) is 2.92. The van der Waals surface area contributed by atoms with Crippen LogP contribution in [-0.2, 0) is 26.2 Å². The number of nitrogens with one attached hydrogen (secondary N) is 1. The fourth-order valence-electron chi connectivity index (χ4n) is 3.89. The lowest BCUT2D eigenvalue weighted by Gasteiger charge is -2.33. The molecule has 0 unspecified atom stereocenters. The molecule has 0 fully saturated rings. The number of hydrogen-bond donors (Lipinski definition) is 1. The first-order chi connectivity index (χ1) is 17.7. The van der Waals surface area contributed by atoms with E-state index in [1.165, 1.54) is 24.1 Å². The second kappa shape index (κ2) is 12.7. The number of carbonyl (C=O) groups is 2. The Kier molecular flexibility index (Phi) is 9.71. The SMILES string of the molecule is CC[C@H](C(=O)NC)N(Cc1ccc(OC)cc1)C(=O)CN(c1cccc(Br)c1)S(=O)(=O)c1ccccc1. The van der Waals surface area contributed by atoms with Gasteiger partial charge in [-0.1, -0.05) is 59.3 Å². The largest absolute Gasteiger partial charge is 0.497 e. The van der Waals surface area contributed by atoms with E-state index in [4.69, 9.17) is 4.74 Å². The van der Waals surface area contributed by atoms with Crippen LogP contribution in [0.5, 0.6) is 5.75 Å². The summed E-state index contributed by atoms with van der Waals surface area (Å²) in [5.74, 6) is -0.176. The van der Waals surface area contributed by atoms with Gasteiger partial charge in [-0.2, -0.15) is 0 Å². The monoisotopic (exact) mass is 587 g/mol. The van der Waals surface area contributed by atoms with E-state index in [2.05, 4.69) is 21.2 Å². The number of hydrogen-bond acceptors (Lipinski definition) is 5. The molecule has 10 heteroatoms. The topological polar surface area (TPSA) is 96.0 Å². The summed E-state index contributed by atoms with van der Waals surface area (Å²) in [6, 6.07) is 21.1. The van der Waals surface area contributed by atoms with E-state index in [-0.39, 0.29) is 17.3 Å². The molecule has 0 heterocycles. The van der Waals surface area contributed by atoms with Gasteiger partial charge < -0.3 is 15.0 Å². The first-order valence-corrected chi connectivity index (χ1v) is 13.9. The molecule has 3 rings (SSSR count). The maximum absolute atomic E-state index is 13.8. The van der Waals surface area contributed by atoms with Gasteiger partial charge in [-0.05, 0) is 54.4 Å². The van der Waals surface area contributed by atoms with Crippen LogP contribution in [0.3, 0.4) is 0 Å². The summed E-state index contributed by atoms with van der Waals surface area (Å²) in [6.07, 6.45) is 0.351. The van der Waals surface area contributed by atoms with E-state index < -0.39 is 28.5 Å². The van der Waals surface area contributed by atoms with Crippen molar-refractivity contribution < 1.29 is 22.7 Å². The van der Waals surface area contributed by atoms with Crippen molar-refractivity contribution in [3.63, 3.8) is 0 Å². The first kappa shape index (κ1) is 28.2. The highest BCUT2D eigenvalue weighted by molar-refractivity contribution is 9.10. The average molecular weight is 589 g/mol. The molecule has 1 N–H and O–H groups in total. The van der Waals surface area contributed by atoms with Gasteiger partial charge in [0.25, 0.3) is 10.0 Å². The van der Waals surface area contributed by atoms with E-state index in [0.717, 1.165) is 9.87 Å². The van der Waals surface area contributed by atoms with E-state index in [1.54, 1.807) is 68.6 Å². The summed E-state index contributed by atoms with van der Waals surface area (Å²) in [4.78, 5) is 28.1. The molecule has 1 atom stereocenters. The van der Waals surface area contributed by atoms with Crippen LogP contribution in [0.25, 0.3) is 0 Å². The highest BCUT2D eigenvalue weighted by atomic mass is 79.9. The second-order valence-electron chi connectivity index (χ2n) is 8.21. The van der Waals surface area contributed by atoms with Crippen molar-refractivity contribution in [1.29, 1.82) is 0 Å². The summed E-state index contributed by atoms with van der Waals surface area (Å²) < 4.78 is 34.4. The Morgan fingerprint density at radius 2 is 1.68 bits per heavy atom. The molecule has 0 spiro atoms. The molecule has 0 radical (unpaired) electrons. The van der Waals surface area contributed by atoms with Gasteiger partial charge in [-0.15, -0.1) is 0 Å². The minimum Gasteiger partial charge on any atom is -0.497 e. The lowest BCUT2D eigenvalue weighted by atomic mass is 10.1. The molecule has 0 aliphatic carbocycles. The number of methoxy groups -OCH3 is 1. The fraction of sp³-hybridized carbons (Fsp3) is 0.259. The van der Waals surface area contributed by atoms with Gasteiger partial charge in [0.1, 0.15) is 18.3 Å². The maximum Gasteiger partial charge on any atom is 0.264 e. The third-order valence-corrected chi connectivity index (χ3v) is 8.13.